The second-order valence-electron chi connectivity index (χ2n) is 6.89. The number of aromatic nitrogens is 3. The Hall–Kier alpha value is -2.78. The minimum atomic E-state index is 0.0328. The number of methoxy groups -OCH3 is 1. The summed E-state index contributed by atoms with van der Waals surface area (Å²) < 4.78 is 20.8. The van der Waals surface area contributed by atoms with Crippen LogP contribution in [0.3, 0.4) is 0 Å². The monoisotopic (exact) mass is 426 g/mol. The molecule has 1 fully saturated rings. The summed E-state index contributed by atoms with van der Waals surface area (Å²) in [5.74, 6) is 0.844. The van der Waals surface area contributed by atoms with Crippen molar-refractivity contribution in [2.24, 2.45) is 0 Å². The first-order valence-corrected chi connectivity index (χ1v) is 10.9. The van der Waals surface area contributed by atoms with Crippen LogP contribution in [0.4, 0.5) is 0 Å². The molecule has 0 bridgehead atoms. The number of hydrogen-bond acceptors (Lipinski definition) is 8. The van der Waals surface area contributed by atoms with Crippen molar-refractivity contribution in [1.29, 1.82) is 0 Å². The molecule has 4 aromatic rings. The summed E-state index contributed by atoms with van der Waals surface area (Å²) in [5.41, 5.74) is 3.16. The SMILES string of the molecule is COc1ccc2nc(OC3CCN(C(=O)c4ccc5nsnc5c4)CC3)sc2c1. The minimum absolute atomic E-state index is 0.0328. The van der Waals surface area contributed by atoms with Gasteiger partial charge in [-0.3, -0.25) is 4.79 Å². The molecule has 0 atom stereocenters. The molecule has 0 saturated carbocycles. The van der Waals surface area contributed by atoms with Crippen molar-refractivity contribution in [3.8, 4) is 10.9 Å². The maximum Gasteiger partial charge on any atom is 0.274 e. The molecule has 3 heterocycles. The summed E-state index contributed by atoms with van der Waals surface area (Å²) in [4.78, 5) is 19.3. The summed E-state index contributed by atoms with van der Waals surface area (Å²) in [6, 6.07) is 11.3. The first-order chi connectivity index (χ1) is 14.2. The van der Waals surface area contributed by atoms with E-state index < -0.39 is 0 Å². The highest BCUT2D eigenvalue weighted by Crippen LogP contribution is 2.32. The van der Waals surface area contributed by atoms with Crippen molar-refractivity contribution in [2.45, 2.75) is 18.9 Å². The molecule has 0 aliphatic carbocycles. The molecule has 1 amide bonds. The van der Waals surface area contributed by atoms with Crippen molar-refractivity contribution >= 4 is 50.2 Å². The van der Waals surface area contributed by atoms with Crippen molar-refractivity contribution < 1.29 is 14.3 Å². The predicted molar refractivity (Wildman–Crippen MR) is 113 cm³/mol. The lowest BCUT2D eigenvalue weighted by atomic mass is 10.1. The van der Waals surface area contributed by atoms with E-state index in [1.165, 1.54) is 11.3 Å². The first-order valence-electron chi connectivity index (χ1n) is 9.32. The molecule has 0 N–H and O–H groups in total. The second kappa shape index (κ2) is 7.57. The Morgan fingerprint density at radius 3 is 2.69 bits per heavy atom. The predicted octanol–water partition coefficient (Wildman–Crippen LogP) is 3.99. The first kappa shape index (κ1) is 18.3. The summed E-state index contributed by atoms with van der Waals surface area (Å²) in [6.45, 7) is 1.32. The van der Waals surface area contributed by atoms with Crippen molar-refractivity contribution in [1.82, 2.24) is 18.6 Å². The van der Waals surface area contributed by atoms with Crippen LogP contribution in [-0.4, -0.2) is 50.8 Å². The van der Waals surface area contributed by atoms with Crippen LogP contribution < -0.4 is 9.47 Å². The average Bonchev–Trinajstić information content (AvgIpc) is 3.38. The van der Waals surface area contributed by atoms with Gasteiger partial charge in [-0.25, -0.2) is 4.98 Å². The number of piperidine rings is 1. The fourth-order valence-corrected chi connectivity index (χ4v) is 4.91. The van der Waals surface area contributed by atoms with Gasteiger partial charge in [0.2, 0.25) is 0 Å². The van der Waals surface area contributed by atoms with Gasteiger partial charge in [0.15, 0.2) is 0 Å². The zero-order chi connectivity index (χ0) is 19.8. The van der Waals surface area contributed by atoms with Gasteiger partial charge in [0.25, 0.3) is 11.1 Å². The molecule has 148 valence electrons. The summed E-state index contributed by atoms with van der Waals surface area (Å²) in [6.07, 6.45) is 1.63. The molecule has 1 aliphatic rings. The van der Waals surface area contributed by atoms with Gasteiger partial charge >= 0.3 is 0 Å². The van der Waals surface area contributed by atoms with E-state index in [0.717, 1.165) is 51.6 Å². The third-order valence-corrected chi connectivity index (χ3v) is 6.54. The molecule has 0 radical (unpaired) electrons. The number of thiazole rings is 1. The Kier molecular flexibility index (Phi) is 4.76. The largest absolute Gasteiger partial charge is 0.497 e. The molecule has 29 heavy (non-hydrogen) atoms. The fraction of sp³-hybridized carbons (Fsp3) is 0.300. The van der Waals surface area contributed by atoms with Crippen molar-refractivity contribution in [2.75, 3.05) is 20.2 Å². The number of likely N-dealkylation sites (tertiary alicyclic amines) is 1. The van der Waals surface area contributed by atoms with Gasteiger partial charge < -0.3 is 14.4 Å². The number of hydrogen-bond donors (Lipinski definition) is 0. The Morgan fingerprint density at radius 1 is 1.07 bits per heavy atom. The highest BCUT2D eigenvalue weighted by Gasteiger charge is 2.25. The van der Waals surface area contributed by atoms with Gasteiger partial charge in [0.1, 0.15) is 22.9 Å². The number of benzene rings is 2. The maximum absolute atomic E-state index is 12.8. The van der Waals surface area contributed by atoms with Crippen LogP contribution in [0.25, 0.3) is 21.3 Å². The Bertz CT molecular complexity index is 1180. The molecule has 0 unspecified atom stereocenters. The minimum Gasteiger partial charge on any atom is -0.497 e. The number of carbonyl (C=O) groups excluding carboxylic acids is 1. The number of nitrogens with zero attached hydrogens (tertiary/aromatic N) is 4. The maximum atomic E-state index is 12.8. The molecule has 0 spiro atoms. The van der Waals surface area contributed by atoms with Crippen molar-refractivity contribution in [3.63, 3.8) is 0 Å². The van der Waals surface area contributed by atoms with E-state index in [1.807, 2.05) is 41.3 Å². The van der Waals surface area contributed by atoms with Crippen LogP contribution in [0.15, 0.2) is 36.4 Å². The van der Waals surface area contributed by atoms with Gasteiger partial charge in [0, 0.05) is 31.5 Å². The lowest BCUT2D eigenvalue weighted by Crippen LogP contribution is -2.41. The zero-order valence-corrected chi connectivity index (χ0v) is 17.3. The molecule has 7 nitrogen and oxygen atoms in total. The lowest BCUT2D eigenvalue weighted by Gasteiger charge is -2.31. The molecule has 2 aromatic heterocycles. The number of rotatable bonds is 4. The van der Waals surface area contributed by atoms with E-state index in [2.05, 4.69) is 13.7 Å². The third kappa shape index (κ3) is 3.63. The molecular weight excluding hydrogens is 408 g/mol. The van der Waals surface area contributed by atoms with E-state index in [4.69, 9.17) is 9.47 Å². The van der Waals surface area contributed by atoms with Crippen LogP contribution in [0.1, 0.15) is 23.2 Å². The van der Waals surface area contributed by atoms with E-state index in [1.54, 1.807) is 7.11 Å². The number of ether oxygens (including phenoxy) is 2. The highest BCUT2D eigenvalue weighted by molar-refractivity contribution is 7.20. The fourth-order valence-electron chi connectivity index (χ4n) is 3.48. The number of carbonyl (C=O) groups is 1. The number of amides is 1. The van der Waals surface area contributed by atoms with E-state index in [0.29, 0.717) is 23.8 Å². The van der Waals surface area contributed by atoms with Crippen LogP contribution in [0.2, 0.25) is 0 Å². The molecule has 1 aliphatic heterocycles. The Morgan fingerprint density at radius 2 is 1.86 bits per heavy atom. The Balaban J connectivity index is 1.22. The van der Waals surface area contributed by atoms with Crippen LogP contribution >= 0.6 is 23.1 Å². The van der Waals surface area contributed by atoms with Crippen LogP contribution in [0.5, 0.6) is 10.9 Å². The molecule has 2 aromatic carbocycles. The summed E-state index contributed by atoms with van der Waals surface area (Å²) in [7, 11) is 1.65. The molecule has 1 saturated heterocycles. The van der Waals surface area contributed by atoms with Gasteiger partial charge in [-0.2, -0.15) is 8.75 Å². The quantitative estimate of drug-likeness (QED) is 0.491. The van der Waals surface area contributed by atoms with Gasteiger partial charge in [-0.15, -0.1) is 0 Å². The van der Waals surface area contributed by atoms with Gasteiger partial charge in [0.05, 0.1) is 29.1 Å². The van der Waals surface area contributed by atoms with Crippen molar-refractivity contribution in [3.05, 3.63) is 42.0 Å². The van der Waals surface area contributed by atoms with Crippen LogP contribution in [-0.2, 0) is 0 Å². The summed E-state index contributed by atoms with van der Waals surface area (Å²) >= 11 is 2.68. The van der Waals surface area contributed by atoms with Gasteiger partial charge in [-0.05, 0) is 36.4 Å². The van der Waals surface area contributed by atoms with E-state index in [9.17, 15) is 4.79 Å². The smallest absolute Gasteiger partial charge is 0.274 e. The topological polar surface area (TPSA) is 77.4 Å². The Labute approximate surface area is 175 Å². The molecular formula is C20H18N4O3S2. The average molecular weight is 427 g/mol. The third-order valence-electron chi connectivity index (χ3n) is 5.07. The van der Waals surface area contributed by atoms with Gasteiger partial charge in [-0.1, -0.05) is 11.3 Å². The highest BCUT2D eigenvalue weighted by atomic mass is 32.1. The van der Waals surface area contributed by atoms with E-state index in [-0.39, 0.29) is 12.0 Å². The standard InChI is InChI=1S/C20H18N4O3S2/c1-26-14-3-5-16-18(11-14)28-20(21-16)27-13-6-8-24(9-7-13)19(25)12-2-4-15-17(10-12)23-29-22-15/h2-5,10-11,13H,6-9H2,1H3. The molecule has 5 rings (SSSR count). The normalized spacial score (nSPS) is 15.1. The lowest BCUT2D eigenvalue weighted by molar-refractivity contribution is 0.0595. The second-order valence-corrected chi connectivity index (χ2v) is 8.41. The molecule has 9 heteroatoms. The number of fused-ring (bicyclic) bond motifs is 2. The van der Waals surface area contributed by atoms with Crippen LogP contribution in [0, 0.1) is 0 Å². The van der Waals surface area contributed by atoms with E-state index >= 15 is 0 Å². The zero-order valence-electron chi connectivity index (χ0n) is 15.7. The summed E-state index contributed by atoms with van der Waals surface area (Å²) in [5, 5.41) is 0.666.